The van der Waals surface area contributed by atoms with Gasteiger partial charge in [-0.2, -0.15) is 18.4 Å². The Balaban J connectivity index is 0. The summed E-state index contributed by atoms with van der Waals surface area (Å²) in [6.45, 7) is 8.70. The van der Waals surface area contributed by atoms with Crippen molar-refractivity contribution in [1.82, 2.24) is 5.32 Å². The molecule has 0 aliphatic heterocycles. The van der Waals surface area contributed by atoms with E-state index in [1.165, 1.54) is 12.1 Å². The molecule has 0 aromatic heterocycles. The van der Waals surface area contributed by atoms with Crippen LogP contribution in [-0.2, 0) is 11.0 Å². The molecule has 1 aromatic carbocycles. The monoisotopic (exact) mass is 317 g/mol. The third-order valence-electron chi connectivity index (χ3n) is 2.13. The molecule has 0 fully saturated rings. The predicted molar refractivity (Wildman–Crippen MR) is 81.4 cm³/mol. The van der Waals surface area contributed by atoms with E-state index in [1.807, 2.05) is 27.7 Å². The van der Waals surface area contributed by atoms with Crippen LogP contribution in [0.4, 0.5) is 18.9 Å². The van der Waals surface area contributed by atoms with Crippen molar-refractivity contribution in [3.05, 3.63) is 29.3 Å². The number of nitrogens with one attached hydrogen (secondary N) is 2. The van der Waals surface area contributed by atoms with E-state index < -0.39 is 17.3 Å². The van der Waals surface area contributed by atoms with Crippen LogP contribution in [0.2, 0.25) is 0 Å². The third-order valence-corrected chi connectivity index (χ3v) is 2.13. The van der Waals surface area contributed by atoms with E-state index in [1.54, 1.807) is 0 Å². The molecule has 0 aliphatic carbocycles. The Kier molecular flexibility index (Phi) is 12.5. The van der Waals surface area contributed by atoms with Gasteiger partial charge in [0.1, 0.15) is 0 Å². The summed E-state index contributed by atoms with van der Waals surface area (Å²) in [5.41, 5.74) is -0.996. The zero-order chi connectivity index (χ0) is 17.6. The summed E-state index contributed by atoms with van der Waals surface area (Å²) >= 11 is 0. The van der Waals surface area contributed by atoms with Crippen molar-refractivity contribution < 1.29 is 18.0 Å². The number of hydrogen-bond acceptors (Lipinski definition) is 3. The van der Waals surface area contributed by atoms with Gasteiger partial charge in [0.05, 0.1) is 17.2 Å². The molecule has 0 unspecified atom stereocenters. The number of carbonyl (C=O) groups excluding carboxylic acids is 1. The molecule has 4 nitrogen and oxygen atoms in total. The average Bonchev–Trinajstić information content (AvgIpc) is 2.54. The second-order valence-corrected chi connectivity index (χ2v) is 3.37. The molecule has 22 heavy (non-hydrogen) atoms. The smallest absolute Gasteiger partial charge is 0.383 e. The van der Waals surface area contributed by atoms with Gasteiger partial charge in [0, 0.05) is 18.8 Å². The van der Waals surface area contributed by atoms with E-state index in [0.29, 0.717) is 25.2 Å². The highest BCUT2D eigenvalue weighted by Crippen LogP contribution is 2.32. The summed E-state index contributed by atoms with van der Waals surface area (Å²) in [4.78, 5) is 9.96. The fourth-order valence-electron chi connectivity index (χ4n) is 1.33. The molecule has 0 spiro atoms. The molecule has 2 N–H and O–H groups in total. The first-order valence-electron chi connectivity index (χ1n) is 7.01. The van der Waals surface area contributed by atoms with Gasteiger partial charge in [0.25, 0.3) is 0 Å². The minimum Gasteiger partial charge on any atom is -0.383 e. The van der Waals surface area contributed by atoms with E-state index in [-0.39, 0.29) is 0 Å². The molecule has 124 valence electrons. The second-order valence-electron chi connectivity index (χ2n) is 3.37. The van der Waals surface area contributed by atoms with Crippen molar-refractivity contribution in [2.45, 2.75) is 33.9 Å². The van der Waals surface area contributed by atoms with Gasteiger partial charge in [-0.1, -0.05) is 27.7 Å². The van der Waals surface area contributed by atoms with Crippen LogP contribution >= 0.6 is 0 Å². The topological polar surface area (TPSA) is 64.9 Å². The lowest BCUT2D eigenvalue weighted by Gasteiger charge is -2.11. The molecule has 0 radical (unpaired) electrons. The first kappa shape index (κ1) is 22.1. The molecule has 1 aromatic rings. The molecule has 0 heterocycles. The summed E-state index contributed by atoms with van der Waals surface area (Å²) in [6, 6.07) is 4.74. The number of amides is 1. The zero-order valence-corrected chi connectivity index (χ0v) is 13.2. The van der Waals surface area contributed by atoms with Crippen molar-refractivity contribution in [2.24, 2.45) is 0 Å². The number of rotatable bonds is 5. The van der Waals surface area contributed by atoms with Gasteiger partial charge in [0.15, 0.2) is 0 Å². The highest BCUT2D eigenvalue weighted by atomic mass is 19.4. The van der Waals surface area contributed by atoms with Gasteiger partial charge in [-0.05, 0) is 18.2 Å². The Bertz CT molecular complexity index is 468. The molecule has 0 saturated heterocycles. The SMILES string of the molecule is CC.CC.N#Cc1cc(NCCNC=O)ccc1C(F)(F)F. The summed E-state index contributed by atoms with van der Waals surface area (Å²) in [5.74, 6) is 0. The van der Waals surface area contributed by atoms with Crippen molar-refractivity contribution in [1.29, 1.82) is 5.26 Å². The molecular formula is C15H22F3N3O. The molecule has 0 saturated carbocycles. The van der Waals surface area contributed by atoms with Crippen LogP contribution in [0.5, 0.6) is 0 Å². The number of hydrogen-bond donors (Lipinski definition) is 2. The van der Waals surface area contributed by atoms with Crippen molar-refractivity contribution in [3.63, 3.8) is 0 Å². The summed E-state index contributed by atoms with van der Waals surface area (Å²) < 4.78 is 37.5. The molecule has 7 heteroatoms. The Labute approximate surface area is 129 Å². The molecule has 0 bridgehead atoms. The molecule has 0 aliphatic rings. The summed E-state index contributed by atoms with van der Waals surface area (Å²) in [7, 11) is 0. The largest absolute Gasteiger partial charge is 0.417 e. The number of halogens is 3. The van der Waals surface area contributed by atoms with Gasteiger partial charge in [-0.25, -0.2) is 0 Å². The Morgan fingerprint density at radius 2 is 1.77 bits per heavy atom. The predicted octanol–water partition coefficient (Wildman–Crippen LogP) is 3.79. The Hall–Kier alpha value is -2.23. The summed E-state index contributed by atoms with van der Waals surface area (Å²) in [6.07, 6.45) is -4.02. The molecule has 1 rings (SSSR count). The van der Waals surface area contributed by atoms with Crippen molar-refractivity contribution in [2.75, 3.05) is 18.4 Å². The number of benzene rings is 1. The van der Waals surface area contributed by atoms with Crippen LogP contribution in [0, 0.1) is 11.3 Å². The summed E-state index contributed by atoms with van der Waals surface area (Å²) in [5, 5.41) is 13.9. The van der Waals surface area contributed by atoms with Gasteiger partial charge in [-0.3, -0.25) is 4.79 Å². The van der Waals surface area contributed by atoms with Crippen molar-refractivity contribution >= 4 is 12.1 Å². The lowest BCUT2D eigenvalue weighted by molar-refractivity contribution is -0.137. The van der Waals surface area contributed by atoms with Crippen molar-refractivity contribution in [3.8, 4) is 6.07 Å². The van der Waals surface area contributed by atoms with Crippen LogP contribution in [-0.4, -0.2) is 19.5 Å². The number of nitrogens with zero attached hydrogens (tertiary/aromatic N) is 1. The first-order valence-corrected chi connectivity index (χ1v) is 7.01. The number of nitriles is 1. The van der Waals surface area contributed by atoms with Crippen LogP contribution in [0.15, 0.2) is 18.2 Å². The highest BCUT2D eigenvalue weighted by molar-refractivity contribution is 5.53. The maximum atomic E-state index is 12.5. The lowest BCUT2D eigenvalue weighted by Crippen LogP contribution is -2.20. The van der Waals surface area contributed by atoms with Gasteiger partial charge < -0.3 is 10.6 Å². The number of alkyl halides is 3. The second kappa shape index (κ2) is 12.5. The minimum absolute atomic E-state index is 0.340. The van der Waals surface area contributed by atoms with E-state index in [0.717, 1.165) is 12.1 Å². The fourth-order valence-corrected chi connectivity index (χ4v) is 1.33. The number of anilines is 1. The van der Waals surface area contributed by atoms with E-state index >= 15 is 0 Å². The van der Waals surface area contributed by atoms with E-state index in [9.17, 15) is 18.0 Å². The molecular weight excluding hydrogens is 295 g/mol. The molecule has 0 atom stereocenters. The quantitative estimate of drug-likeness (QED) is 0.641. The Morgan fingerprint density at radius 3 is 2.23 bits per heavy atom. The van der Waals surface area contributed by atoms with Gasteiger partial charge >= 0.3 is 6.18 Å². The Morgan fingerprint density at radius 1 is 1.18 bits per heavy atom. The average molecular weight is 317 g/mol. The zero-order valence-electron chi connectivity index (χ0n) is 13.2. The number of carbonyl (C=O) groups is 1. The van der Waals surface area contributed by atoms with Crippen LogP contribution in [0.25, 0.3) is 0 Å². The highest BCUT2D eigenvalue weighted by Gasteiger charge is 2.33. The standard InChI is InChI=1S/C11H10F3N3O.2C2H6/c12-11(13,14)10-2-1-9(5-8(10)6-15)17-4-3-16-7-18;2*1-2/h1-2,5,7,17H,3-4H2,(H,16,18);2*1-2H3. The first-order chi connectivity index (χ1) is 10.5. The van der Waals surface area contributed by atoms with Crippen LogP contribution in [0.3, 0.4) is 0 Å². The maximum Gasteiger partial charge on any atom is 0.417 e. The third kappa shape index (κ3) is 8.15. The van der Waals surface area contributed by atoms with E-state index in [2.05, 4.69) is 10.6 Å². The maximum absolute atomic E-state index is 12.5. The van der Waals surface area contributed by atoms with Gasteiger partial charge in [0.2, 0.25) is 6.41 Å². The minimum atomic E-state index is -4.54. The van der Waals surface area contributed by atoms with Crippen LogP contribution in [0.1, 0.15) is 38.8 Å². The van der Waals surface area contributed by atoms with Crippen LogP contribution < -0.4 is 10.6 Å². The molecule has 1 amide bonds. The fraction of sp³-hybridized carbons (Fsp3) is 0.467. The normalized spacial score (nSPS) is 9.18. The van der Waals surface area contributed by atoms with Gasteiger partial charge in [-0.15, -0.1) is 0 Å². The lowest BCUT2D eigenvalue weighted by atomic mass is 10.1. The van der Waals surface area contributed by atoms with E-state index in [4.69, 9.17) is 5.26 Å².